The molecular weight excluding hydrogens is 150 g/mol. The van der Waals surface area contributed by atoms with Crippen molar-refractivity contribution in [3.05, 3.63) is 0 Å². The van der Waals surface area contributed by atoms with Crippen molar-refractivity contribution in [3.8, 4) is 0 Å². The molecule has 0 aromatic rings. The quantitative estimate of drug-likeness (QED) is 0.330. The molecule has 0 rings (SSSR count). The molecule has 0 saturated carbocycles. The molecule has 0 spiro atoms. The van der Waals surface area contributed by atoms with E-state index in [4.69, 9.17) is 0 Å². The molecular formula is H2MgO4P2. The second-order valence-corrected chi connectivity index (χ2v) is 2.29. The van der Waals surface area contributed by atoms with Crippen LogP contribution in [-0.4, -0.2) is 23.1 Å². The molecule has 0 bridgehead atoms. The van der Waals surface area contributed by atoms with Gasteiger partial charge in [-0.3, -0.25) is 0 Å². The van der Waals surface area contributed by atoms with Gasteiger partial charge in [0.25, 0.3) is 0 Å². The van der Waals surface area contributed by atoms with E-state index >= 15 is 0 Å². The zero-order chi connectivity index (χ0) is 5.21. The number of rotatable bonds is 1. The molecule has 4 nitrogen and oxygen atoms in total. The van der Waals surface area contributed by atoms with E-state index in [9.17, 15) is 14.4 Å². The summed E-state index contributed by atoms with van der Waals surface area (Å²) in [4.78, 5) is 18.5. The Morgan fingerprint density at radius 3 is 1.71 bits per heavy atom. The average Bonchev–Trinajstić information content (AvgIpc) is 1.35. The van der Waals surface area contributed by atoms with Gasteiger partial charge in [0.05, 0.1) is 7.82 Å². The van der Waals surface area contributed by atoms with Crippen molar-refractivity contribution < 1.29 is 18.7 Å². The molecule has 0 radical (unpaired) electrons. The van der Waals surface area contributed by atoms with Gasteiger partial charge in [-0.15, -0.1) is 0 Å². The molecule has 1 unspecified atom stereocenters. The molecule has 38 valence electrons. The van der Waals surface area contributed by atoms with Gasteiger partial charge in [-0.25, -0.2) is 0 Å². The van der Waals surface area contributed by atoms with Crippen LogP contribution >= 0.6 is 17.3 Å². The Labute approximate surface area is 59.3 Å². The van der Waals surface area contributed by atoms with Crippen molar-refractivity contribution in [3.63, 3.8) is 0 Å². The van der Waals surface area contributed by atoms with Crippen molar-refractivity contribution in [1.82, 2.24) is 0 Å². The van der Waals surface area contributed by atoms with E-state index < -0.39 is 7.82 Å². The molecule has 0 aliphatic rings. The van der Waals surface area contributed by atoms with Crippen LogP contribution in [0.4, 0.5) is 0 Å². The van der Waals surface area contributed by atoms with E-state index in [2.05, 4.69) is 4.31 Å². The first-order chi connectivity index (χ1) is 2.56. The standard InChI is InChI=1S/Mg.H4O4P2/c;1-6(2,3)4-5/h;5H2,(H2,1,2,3)/q+2;/p-2. The van der Waals surface area contributed by atoms with Gasteiger partial charge in [0.2, 0.25) is 0 Å². The van der Waals surface area contributed by atoms with Gasteiger partial charge in [0, 0.05) is 9.47 Å². The minimum atomic E-state index is -4.68. The third-order valence-electron chi connectivity index (χ3n) is 0.129. The number of phosphoric acid groups is 1. The summed E-state index contributed by atoms with van der Waals surface area (Å²) in [7, 11) is -3.35. The van der Waals surface area contributed by atoms with Crippen LogP contribution in [0.1, 0.15) is 0 Å². The first kappa shape index (κ1) is 11.1. The molecule has 0 saturated heterocycles. The molecule has 0 amide bonds. The van der Waals surface area contributed by atoms with Crippen LogP contribution in [0, 0.1) is 0 Å². The van der Waals surface area contributed by atoms with Gasteiger partial charge < -0.3 is 18.7 Å². The minimum Gasteiger partial charge on any atom is -0.790 e. The van der Waals surface area contributed by atoms with Gasteiger partial charge in [-0.2, -0.15) is 0 Å². The van der Waals surface area contributed by atoms with Gasteiger partial charge >= 0.3 is 23.1 Å². The second-order valence-electron chi connectivity index (χ2n) is 0.553. The maximum Gasteiger partial charge on any atom is 2.00 e. The van der Waals surface area contributed by atoms with Gasteiger partial charge in [-0.05, 0) is 0 Å². The van der Waals surface area contributed by atoms with Crippen molar-refractivity contribution in [2.75, 3.05) is 0 Å². The molecule has 7 heteroatoms. The third kappa shape index (κ3) is 11.1. The van der Waals surface area contributed by atoms with Crippen LogP contribution < -0.4 is 9.79 Å². The summed E-state index contributed by atoms with van der Waals surface area (Å²) in [5.74, 6) is 0. The predicted molar refractivity (Wildman–Crippen MR) is 24.2 cm³/mol. The van der Waals surface area contributed by atoms with Gasteiger partial charge in [-0.1, -0.05) is 0 Å². The summed E-state index contributed by atoms with van der Waals surface area (Å²) >= 11 is 0. The Balaban J connectivity index is 0. The van der Waals surface area contributed by atoms with Crippen molar-refractivity contribution >= 4 is 40.3 Å². The maximum absolute atomic E-state index is 9.23. The Bertz CT molecular complexity index is 73.8. The Kier molecular flexibility index (Phi) is 6.71. The Morgan fingerprint density at radius 2 is 1.71 bits per heavy atom. The fraction of sp³-hybridized carbons (Fsp3) is 0. The van der Waals surface area contributed by atoms with E-state index in [0.717, 1.165) is 0 Å². The molecule has 0 fully saturated rings. The minimum absolute atomic E-state index is 0. The molecule has 0 aliphatic carbocycles. The van der Waals surface area contributed by atoms with Crippen molar-refractivity contribution in [1.29, 1.82) is 0 Å². The largest absolute Gasteiger partial charge is 2.00 e. The van der Waals surface area contributed by atoms with Crippen LogP contribution in [0.15, 0.2) is 0 Å². The topological polar surface area (TPSA) is 72.4 Å². The van der Waals surface area contributed by atoms with Crippen LogP contribution in [0.25, 0.3) is 0 Å². The van der Waals surface area contributed by atoms with Crippen LogP contribution in [0.2, 0.25) is 0 Å². The maximum atomic E-state index is 9.23. The number of hydrogen-bond donors (Lipinski definition) is 0. The van der Waals surface area contributed by atoms with Gasteiger partial charge in [0.15, 0.2) is 0 Å². The van der Waals surface area contributed by atoms with Gasteiger partial charge in [0.1, 0.15) is 0 Å². The first-order valence-electron chi connectivity index (χ1n) is 0.966. The molecule has 0 aromatic carbocycles. The van der Waals surface area contributed by atoms with E-state index in [1.54, 1.807) is 0 Å². The zero-order valence-electron chi connectivity index (χ0n) is 3.36. The van der Waals surface area contributed by atoms with E-state index in [1.165, 1.54) is 9.47 Å². The van der Waals surface area contributed by atoms with E-state index in [-0.39, 0.29) is 23.1 Å². The summed E-state index contributed by atoms with van der Waals surface area (Å²) in [5, 5.41) is 0. The second kappa shape index (κ2) is 4.21. The van der Waals surface area contributed by atoms with Crippen LogP contribution in [-0.2, 0) is 8.88 Å². The SMILES string of the molecule is O=P([O-])([O-])OP.[Mg+2]. The molecule has 7 heavy (non-hydrogen) atoms. The molecule has 0 aromatic heterocycles. The molecule has 0 N–H and O–H groups in total. The van der Waals surface area contributed by atoms with Crippen LogP contribution in [0.3, 0.4) is 0 Å². The fourth-order valence-electron chi connectivity index (χ4n) is 0. The van der Waals surface area contributed by atoms with Crippen molar-refractivity contribution in [2.45, 2.75) is 0 Å². The molecule has 0 aliphatic heterocycles. The molecule has 1 atom stereocenters. The Morgan fingerprint density at radius 1 is 1.57 bits per heavy atom. The normalized spacial score (nSPS) is 10.1. The van der Waals surface area contributed by atoms with Crippen molar-refractivity contribution in [2.24, 2.45) is 0 Å². The Hall–Kier alpha value is 1.31. The van der Waals surface area contributed by atoms with Crippen LogP contribution in [0.5, 0.6) is 0 Å². The third-order valence-corrected chi connectivity index (χ3v) is 1.16. The van der Waals surface area contributed by atoms with E-state index in [0.29, 0.717) is 0 Å². The average molecular weight is 152 g/mol. The predicted octanol–water partition coefficient (Wildman–Crippen LogP) is -1.76. The summed E-state index contributed by atoms with van der Waals surface area (Å²) in [5.41, 5.74) is 0. The number of hydrogen-bond acceptors (Lipinski definition) is 4. The fourth-order valence-corrected chi connectivity index (χ4v) is 0. The summed E-state index contributed by atoms with van der Waals surface area (Å²) in [6, 6.07) is 0. The summed E-state index contributed by atoms with van der Waals surface area (Å²) in [6.45, 7) is 0. The first-order valence-corrected chi connectivity index (χ1v) is 2.90. The smallest absolute Gasteiger partial charge is 0.790 e. The monoisotopic (exact) mass is 152 g/mol. The zero-order valence-corrected chi connectivity index (χ0v) is 6.83. The summed E-state index contributed by atoms with van der Waals surface area (Å²) < 4.78 is 12.5. The summed E-state index contributed by atoms with van der Waals surface area (Å²) in [6.07, 6.45) is 0. The van der Waals surface area contributed by atoms with E-state index in [1.807, 2.05) is 0 Å². The molecule has 0 heterocycles.